The molecule has 1 aromatic heterocycles. The minimum absolute atomic E-state index is 0.437. The van der Waals surface area contributed by atoms with Crippen molar-refractivity contribution >= 4 is 11.3 Å². The number of hydrogen-bond acceptors (Lipinski definition) is 4. The van der Waals surface area contributed by atoms with Gasteiger partial charge in [-0.05, 0) is 24.6 Å². The van der Waals surface area contributed by atoms with Gasteiger partial charge in [0.15, 0.2) is 0 Å². The van der Waals surface area contributed by atoms with Gasteiger partial charge in [0.25, 0.3) is 0 Å². The zero-order valence-corrected chi connectivity index (χ0v) is 9.78. The molecule has 1 aromatic carbocycles. The molecule has 1 atom stereocenters. The summed E-state index contributed by atoms with van der Waals surface area (Å²) in [6.45, 7) is 2.23. The molecule has 16 heavy (non-hydrogen) atoms. The summed E-state index contributed by atoms with van der Waals surface area (Å²) in [5, 5.41) is 12.2. The van der Waals surface area contributed by atoms with E-state index in [-0.39, 0.29) is 0 Å². The molecule has 0 saturated heterocycles. The van der Waals surface area contributed by atoms with Gasteiger partial charge in [0, 0.05) is 11.6 Å². The molecule has 0 saturated carbocycles. The van der Waals surface area contributed by atoms with Crippen molar-refractivity contribution in [3.8, 4) is 5.75 Å². The first-order valence-corrected chi connectivity index (χ1v) is 5.93. The van der Waals surface area contributed by atoms with Gasteiger partial charge in [-0.3, -0.25) is 0 Å². The molecule has 1 N–H and O–H groups in total. The Kier molecular flexibility index (Phi) is 3.54. The highest BCUT2D eigenvalue weighted by Gasteiger charge is 2.01. The van der Waals surface area contributed by atoms with Gasteiger partial charge in [0.2, 0.25) is 0 Å². The number of rotatable bonds is 4. The maximum atomic E-state index is 9.35. The smallest absolute Gasteiger partial charge is 0.140 e. The van der Waals surface area contributed by atoms with E-state index in [9.17, 15) is 5.11 Å². The molecule has 4 heteroatoms. The van der Waals surface area contributed by atoms with E-state index < -0.39 is 6.10 Å². The molecule has 0 aliphatic carbocycles. The molecule has 1 heterocycles. The van der Waals surface area contributed by atoms with Crippen molar-refractivity contribution in [3.05, 3.63) is 46.4 Å². The minimum atomic E-state index is -0.437. The van der Waals surface area contributed by atoms with Crippen molar-refractivity contribution in [3.63, 3.8) is 0 Å². The Morgan fingerprint density at radius 2 is 2.12 bits per heavy atom. The molecule has 0 aliphatic heterocycles. The van der Waals surface area contributed by atoms with Crippen LogP contribution in [-0.2, 0) is 6.61 Å². The lowest BCUT2D eigenvalue weighted by Crippen LogP contribution is -1.95. The molecule has 0 amide bonds. The summed E-state index contributed by atoms with van der Waals surface area (Å²) < 4.78 is 5.55. The number of nitrogens with zero attached hydrogens (tertiary/aromatic N) is 1. The molecule has 84 valence electrons. The highest BCUT2D eigenvalue weighted by molar-refractivity contribution is 7.09. The van der Waals surface area contributed by atoms with Gasteiger partial charge in [-0.15, -0.1) is 11.3 Å². The number of aliphatic hydroxyl groups excluding tert-OH is 1. The Hall–Kier alpha value is -1.39. The number of aliphatic hydroxyl groups is 1. The summed E-state index contributed by atoms with van der Waals surface area (Å²) >= 11 is 1.57. The zero-order valence-electron chi connectivity index (χ0n) is 8.96. The van der Waals surface area contributed by atoms with Gasteiger partial charge in [0.1, 0.15) is 17.4 Å². The van der Waals surface area contributed by atoms with Crippen LogP contribution in [0.3, 0.4) is 0 Å². The van der Waals surface area contributed by atoms with Crippen molar-refractivity contribution in [2.45, 2.75) is 19.6 Å². The van der Waals surface area contributed by atoms with E-state index in [0.717, 1.165) is 16.3 Å². The first kappa shape index (κ1) is 11.1. The predicted molar refractivity (Wildman–Crippen MR) is 63.5 cm³/mol. The van der Waals surface area contributed by atoms with E-state index in [1.807, 2.05) is 29.6 Å². The summed E-state index contributed by atoms with van der Waals surface area (Å²) in [7, 11) is 0. The third-order valence-corrected chi connectivity index (χ3v) is 2.96. The maximum absolute atomic E-state index is 9.35. The fraction of sp³-hybridized carbons (Fsp3) is 0.250. The van der Waals surface area contributed by atoms with Crippen molar-refractivity contribution in [2.24, 2.45) is 0 Å². The number of thiazole rings is 1. The standard InChI is InChI=1S/C12H13NO2S/c1-9(14)10-2-4-11(5-3-10)15-8-12-13-6-7-16-12/h2-7,9,14H,8H2,1H3. The van der Waals surface area contributed by atoms with Gasteiger partial charge in [0.05, 0.1) is 6.10 Å². The van der Waals surface area contributed by atoms with Crippen LogP contribution in [0, 0.1) is 0 Å². The molecule has 0 aliphatic rings. The second kappa shape index (κ2) is 5.09. The van der Waals surface area contributed by atoms with Gasteiger partial charge in [-0.25, -0.2) is 4.98 Å². The average molecular weight is 235 g/mol. The molecule has 2 aromatic rings. The molecule has 0 fully saturated rings. The third-order valence-electron chi connectivity index (χ3n) is 2.21. The molecule has 2 rings (SSSR count). The number of ether oxygens (including phenoxy) is 1. The molecule has 0 spiro atoms. The van der Waals surface area contributed by atoms with Crippen molar-refractivity contribution in [2.75, 3.05) is 0 Å². The number of aromatic nitrogens is 1. The normalized spacial score (nSPS) is 12.4. The second-order valence-corrected chi connectivity index (χ2v) is 4.44. The molecule has 3 nitrogen and oxygen atoms in total. The van der Waals surface area contributed by atoms with Crippen LogP contribution < -0.4 is 4.74 Å². The highest BCUT2D eigenvalue weighted by Crippen LogP contribution is 2.18. The molecule has 0 radical (unpaired) electrons. The number of benzene rings is 1. The van der Waals surface area contributed by atoms with Crippen molar-refractivity contribution in [1.82, 2.24) is 4.98 Å². The van der Waals surface area contributed by atoms with Crippen LogP contribution in [0.4, 0.5) is 0 Å². The topological polar surface area (TPSA) is 42.4 Å². The van der Waals surface area contributed by atoms with Crippen molar-refractivity contribution < 1.29 is 9.84 Å². The molecular formula is C12H13NO2S. The third kappa shape index (κ3) is 2.81. The van der Waals surface area contributed by atoms with E-state index in [1.54, 1.807) is 24.5 Å². The van der Waals surface area contributed by atoms with Gasteiger partial charge in [-0.2, -0.15) is 0 Å². The van der Waals surface area contributed by atoms with Crippen LogP contribution in [0.25, 0.3) is 0 Å². The second-order valence-electron chi connectivity index (χ2n) is 3.46. The summed E-state index contributed by atoms with van der Waals surface area (Å²) in [6.07, 6.45) is 1.33. The summed E-state index contributed by atoms with van der Waals surface area (Å²) in [5.74, 6) is 0.791. The van der Waals surface area contributed by atoms with Crippen molar-refractivity contribution in [1.29, 1.82) is 0 Å². The van der Waals surface area contributed by atoms with Crippen LogP contribution in [0.5, 0.6) is 5.75 Å². The van der Waals surface area contributed by atoms with Crippen LogP contribution in [-0.4, -0.2) is 10.1 Å². The summed E-state index contributed by atoms with van der Waals surface area (Å²) in [5.41, 5.74) is 0.890. The SMILES string of the molecule is CC(O)c1ccc(OCc2nccs2)cc1. The minimum Gasteiger partial charge on any atom is -0.486 e. The lowest BCUT2D eigenvalue weighted by molar-refractivity contribution is 0.199. The van der Waals surface area contributed by atoms with Gasteiger partial charge >= 0.3 is 0 Å². The lowest BCUT2D eigenvalue weighted by atomic mass is 10.1. The highest BCUT2D eigenvalue weighted by atomic mass is 32.1. The van der Waals surface area contributed by atoms with E-state index in [4.69, 9.17) is 4.74 Å². The molecule has 0 bridgehead atoms. The number of hydrogen-bond donors (Lipinski definition) is 1. The lowest BCUT2D eigenvalue weighted by Gasteiger charge is -2.07. The Bertz CT molecular complexity index is 423. The van der Waals surface area contributed by atoms with Gasteiger partial charge in [-0.1, -0.05) is 12.1 Å². The van der Waals surface area contributed by atoms with Crippen LogP contribution in [0.2, 0.25) is 0 Å². The van der Waals surface area contributed by atoms with E-state index in [0.29, 0.717) is 6.61 Å². The summed E-state index contributed by atoms with van der Waals surface area (Å²) in [6, 6.07) is 7.44. The quantitative estimate of drug-likeness (QED) is 0.886. The van der Waals surface area contributed by atoms with E-state index in [2.05, 4.69) is 4.98 Å². The monoisotopic (exact) mass is 235 g/mol. The predicted octanol–water partition coefficient (Wildman–Crippen LogP) is 2.78. The fourth-order valence-electron chi connectivity index (χ4n) is 1.31. The van der Waals surface area contributed by atoms with Crippen LogP contribution >= 0.6 is 11.3 Å². The van der Waals surface area contributed by atoms with E-state index in [1.165, 1.54) is 0 Å². The zero-order chi connectivity index (χ0) is 11.4. The Morgan fingerprint density at radius 3 is 2.69 bits per heavy atom. The first-order chi connectivity index (χ1) is 7.75. The first-order valence-electron chi connectivity index (χ1n) is 5.05. The van der Waals surface area contributed by atoms with Crippen LogP contribution in [0.1, 0.15) is 23.6 Å². The summed E-state index contributed by atoms with van der Waals surface area (Å²) in [4.78, 5) is 4.13. The van der Waals surface area contributed by atoms with Gasteiger partial charge < -0.3 is 9.84 Å². The van der Waals surface area contributed by atoms with E-state index >= 15 is 0 Å². The molecular weight excluding hydrogens is 222 g/mol. The van der Waals surface area contributed by atoms with Crippen LogP contribution in [0.15, 0.2) is 35.8 Å². The Labute approximate surface area is 98.4 Å². The molecule has 1 unspecified atom stereocenters. The Morgan fingerprint density at radius 1 is 1.38 bits per heavy atom. The average Bonchev–Trinajstić information content (AvgIpc) is 2.80. The largest absolute Gasteiger partial charge is 0.486 e. The maximum Gasteiger partial charge on any atom is 0.140 e. The Balaban J connectivity index is 1.95. The fourth-order valence-corrected chi connectivity index (χ4v) is 1.84.